The van der Waals surface area contributed by atoms with Gasteiger partial charge >= 0.3 is 0 Å². The van der Waals surface area contributed by atoms with Crippen molar-refractivity contribution in [1.82, 2.24) is 5.32 Å². The van der Waals surface area contributed by atoms with Gasteiger partial charge in [-0.2, -0.15) is 0 Å². The lowest BCUT2D eigenvalue weighted by atomic mass is 9.96. The van der Waals surface area contributed by atoms with Crippen LogP contribution in [0.25, 0.3) is 0 Å². The Labute approximate surface area is 167 Å². The van der Waals surface area contributed by atoms with Crippen LogP contribution in [0.1, 0.15) is 24.8 Å². The van der Waals surface area contributed by atoms with Crippen molar-refractivity contribution in [3.05, 3.63) is 65.5 Å². The van der Waals surface area contributed by atoms with Crippen LogP contribution >= 0.6 is 0 Å². The van der Waals surface area contributed by atoms with Crippen molar-refractivity contribution in [2.24, 2.45) is 0 Å². The number of hydrogen-bond donors (Lipinski definition) is 3. The summed E-state index contributed by atoms with van der Waals surface area (Å²) in [7, 11) is 1.63. The molecule has 2 atom stereocenters. The van der Waals surface area contributed by atoms with E-state index in [1.165, 1.54) is 0 Å². The number of carbonyl (C=O) groups excluding carboxylic acids is 2. The van der Waals surface area contributed by atoms with Crippen LogP contribution in [0, 0.1) is 17.5 Å². The lowest BCUT2D eigenvalue weighted by molar-refractivity contribution is -0.862. The second kappa shape index (κ2) is 10.6. The predicted octanol–water partition coefficient (Wildman–Crippen LogP) is 1.87. The molecule has 0 spiro atoms. The maximum absolute atomic E-state index is 13.6. The van der Waals surface area contributed by atoms with E-state index in [1.54, 1.807) is 7.05 Å². The quantitative estimate of drug-likeness (QED) is 0.555. The van der Waals surface area contributed by atoms with E-state index in [-0.39, 0.29) is 24.9 Å². The van der Waals surface area contributed by atoms with Crippen molar-refractivity contribution >= 4 is 17.5 Å². The van der Waals surface area contributed by atoms with E-state index in [4.69, 9.17) is 0 Å². The summed E-state index contributed by atoms with van der Waals surface area (Å²) in [6.07, 6.45) is 0.870. The number of likely N-dealkylation sites (N-methyl/N-ethyl adjacent to an activating group) is 1. The molecule has 0 saturated heterocycles. The summed E-state index contributed by atoms with van der Waals surface area (Å²) in [6.45, 7) is 2.43. The van der Waals surface area contributed by atoms with Gasteiger partial charge < -0.3 is 15.5 Å². The van der Waals surface area contributed by atoms with Crippen LogP contribution in [0.4, 0.5) is 18.9 Å². The first kappa shape index (κ1) is 22.4. The fourth-order valence-corrected chi connectivity index (χ4v) is 2.95. The molecule has 3 N–H and O–H groups in total. The van der Waals surface area contributed by atoms with Gasteiger partial charge in [-0.05, 0) is 24.1 Å². The van der Waals surface area contributed by atoms with Crippen LogP contribution in [0.2, 0.25) is 0 Å². The number of benzene rings is 2. The van der Waals surface area contributed by atoms with Crippen LogP contribution in [0.5, 0.6) is 0 Å². The zero-order chi connectivity index (χ0) is 21.4. The molecule has 0 bridgehead atoms. The Kier molecular flexibility index (Phi) is 8.21. The molecule has 0 saturated carbocycles. The zero-order valence-electron chi connectivity index (χ0n) is 16.4. The van der Waals surface area contributed by atoms with Crippen LogP contribution in [0.3, 0.4) is 0 Å². The molecule has 2 aromatic carbocycles. The van der Waals surface area contributed by atoms with Gasteiger partial charge in [-0.3, -0.25) is 9.59 Å². The van der Waals surface area contributed by atoms with E-state index in [1.807, 2.05) is 37.3 Å². The fourth-order valence-electron chi connectivity index (χ4n) is 2.95. The molecule has 0 aliphatic heterocycles. The molecule has 1 unspecified atom stereocenters. The maximum atomic E-state index is 13.6. The van der Waals surface area contributed by atoms with Crippen LogP contribution in [-0.4, -0.2) is 38.5 Å². The molecule has 2 aromatic rings. The summed E-state index contributed by atoms with van der Waals surface area (Å²) in [5.74, 6) is -5.08. The molecule has 29 heavy (non-hydrogen) atoms. The van der Waals surface area contributed by atoms with E-state index in [9.17, 15) is 22.8 Å². The molecule has 2 amide bonds. The van der Waals surface area contributed by atoms with Crippen molar-refractivity contribution in [3.63, 3.8) is 0 Å². The first-order valence-corrected chi connectivity index (χ1v) is 9.38. The smallest absolute Gasteiger partial charge is 0.279 e. The fraction of sp³-hybridized carbons (Fsp3) is 0.333. The van der Waals surface area contributed by atoms with Gasteiger partial charge in [0.1, 0.15) is 0 Å². The molecular formula is C21H25F3N3O2+. The highest BCUT2D eigenvalue weighted by molar-refractivity contribution is 5.91. The predicted molar refractivity (Wildman–Crippen MR) is 104 cm³/mol. The molecule has 0 radical (unpaired) electrons. The minimum Gasteiger partial charge on any atom is -0.351 e. The van der Waals surface area contributed by atoms with Crippen molar-refractivity contribution in [1.29, 1.82) is 0 Å². The molecule has 0 heterocycles. The Morgan fingerprint density at radius 2 is 1.62 bits per heavy atom. The van der Waals surface area contributed by atoms with Gasteiger partial charge in [0.15, 0.2) is 30.5 Å². The number of rotatable bonds is 9. The third kappa shape index (κ3) is 6.60. The Hall–Kier alpha value is -2.87. The molecule has 0 aliphatic rings. The Morgan fingerprint density at radius 1 is 0.966 bits per heavy atom. The summed E-state index contributed by atoms with van der Waals surface area (Å²) in [6, 6.07) is 11.5. The first-order valence-electron chi connectivity index (χ1n) is 9.38. The normalized spacial score (nSPS) is 12.9. The van der Waals surface area contributed by atoms with Crippen molar-refractivity contribution < 1.29 is 27.7 Å². The summed E-state index contributed by atoms with van der Waals surface area (Å²) < 4.78 is 39.8. The van der Waals surface area contributed by atoms with Crippen molar-refractivity contribution in [3.8, 4) is 0 Å². The van der Waals surface area contributed by atoms with Gasteiger partial charge in [-0.1, -0.05) is 37.3 Å². The number of carbonyl (C=O) groups is 2. The third-order valence-corrected chi connectivity index (χ3v) is 4.54. The lowest BCUT2D eigenvalue weighted by Gasteiger charge is -2.18. The van der Waals surface area contributed by atoms with E-state index in [0.717, 1.165) is 24.1 Å². The minimum atomic E-state index is -1.65. The third-order valence-electron chi connectivity index (χ3n) is 4.54. The highest BCUT2D eigenvalue weighted by Gasteiger charge is 2.19. The number of anilines is 1. The number of halogens is 3. The number of hydrogen-bond acceptors (Lipinski definition) is 2. The molecule has 0 aliphatic carbocycles. The summed E-state index contributed by atoms with van der Waals surface area (Å²) in [4.78, 5) is 24.7. The number of amides is 2. The highest BCUT2D eigenvalue weighted by Crippen LogP contribution is 2.19. The van der Waals surface area contributed by atoms with Gasteiger partial charge in [-0.25, -0.2) is 13.2 Å². The summed E-state index contributed by atoms with van der Waals surface area (Å²) in [5, 5.41) is 5.06. The van der Waals surface area contributed by atoms with Gasteiger partial charge in [0.25, 0.3) is 11.8 Å². The second-order valence-electron chi connectivity index (χ2n) is 6.90. The summed E-state index contributed by atoms with van der Waals surface area (Å²) >= 11 is 0. The molecule has 2 rings (SSSR count). The van der Waals surface area contributed by atoms with E-state index in [2.05, 4.69) is 10.6 Å². The number of nitrogens with one attached hydrogen (secondary N) is 3. The first-order chi connectivity index (χ1) is 13.8. The monoisotopic (exact) mass is 408 g/mol. The largest absolute Gasteiger partial charge is 0.351 e. The molecule has 156 valence electrons. The van der Waals surface area contributed by atoms with Gasteiger partial charge in [0.05, 0.1) is 12.7 Å². The SMILES string of the molecule is CC[C@@H](CNC(=O)C[NH+](C)CC(=O)Nc1ccc(F)c(F)c1F)c1ccccc1. The van der Waals surface area contributed by atoms with E-state index >= 15 is 0 Å². The van der Waals surface area contributed by atoms with Crippen LogP contribution < -0.4 is 15.5 Å². The van der Waals surface area contributed by atoms with Crippen LogP contribution in [0.15, 0.2) is 42.5 Å². The van der Waals surface area contributed by atoms with Gasteiger partial charge in [0, 0.05) is 12.5 Å². The Balaban J connectivity index is 1.80. The maximum Gasteiger partial charge on any atom is 0.279 e. The molecule has 5 nitrogen and oxygen atoms in total. The average Bonchev–Trinajstić information content (AvgIpc) is 2.69. The van der Waals surface area contributed by atoms with Crippen LogP contribution in [-0.2, 0) is 9.59 Å². The van der Waals surface area contributed by atoms with E-state index in [0.29, 0.717) is 11.4 Å². The minimum absolute atomic E-state index is 0.0406. The summed E-state index contributed by atoms with van der Waals surface area (Å²) in [5.41, 5.74) is 0.698. The molecule has 0 fully saturated rings. The lowest BCUT2D eigenvalue weighted by Crippen LogP contribution is -3.11. The topological polar surface area (TPSA) is 62.6 Å². The zero-order valence-corrected chi connectivity index (χ0v) is 16.4. The van der Waals surface area contributed by atoms with E-state index < -0.39 is 29.0 Å². The highest BCUT2D eigenvalue weighted by atomic mass is 19.2. The Bertz CT molecular complexity index is 847. The van der Waals surface area contributed by atoms with Crippen molar-refractivity contribution in [2.45, 2.75) is 19.3 Å². The molecule has 8 heteroatoms. The van der Waals surface area contributed by atoms with Crippen molar-refractivity contribution in [2.75, 3.05) is 32.0 Å². The number of quaternary nitrogens is 1. The average molecular weight is 408 g/mol. The van der Waals surface area contributed by atoms with Gasteiger partial charge in [0.2, 0.25) is 0 Å². The molecule has 0 aromatic heterocycles. The standard InChI is InChI=1S/C21H24F3N3O2/c1-3-14(15-7-5-4-6-8-15)11-25-18(28)12-27(2)13-19(29)26-17-10-9-16(22)20(23)21(17)24/h4-10,14H,3,11-13H2,1-2H3,(H,25,28)(H,26,29)/p+1/t14-/m0/s1. The Morgan fingerprint density at radius 3 is 2.28 bits per heavy atom. The second-order valence-corrected chi connectivity index (χ2v) is 6.90. The van der Waals surface area contributed by atoms with Gasteiger partial charge in [-0.15, -0.1) is 0 Å². The molecular weight excluding hydrogens is 383 g/mol.